The molecule has 0 saturated heterocycles. The van der Waals surface area contributed by atoms with Crippen molar-refractivity contribution in [2.75, 3.05) is 5.32 Å². The molecule has 3 N–H and O–H groups in total. The monoisotopic (exact) mass is 318 g/mol. The molecule has 0 spiro atoms. The van der Waals surface area contributed by atoms with Crippen LogP contribution in [-0.4, -0.2) is 21.8 Å². The number of nitrogens with two attached hydrogens (primary N) is 1. The maximum absolute atomic E-state index is 12.0. The van der Waals surface area contributed by atoms with Crippen molar-refractivity contribution in [3.63, 3.8) is 0 Å². The maximum Gasteiger partial charge on any atom is 0.248 e. The van der Waals surface area contributed by atoms with Crippen LogP contribution in [0.1, 0.15) is 16.1 Å². The van der Waals surface area contributed by atoms with Crippen molar-refractivity contribution in [2.45, 2.75) is 0 Å². The molecule has 1 heterocycles. The highest BCUT2D eigenvalue weighted by Crippen LogP contribution is 2.11. The number of carbonyl (C=O) groups excluding carboxylic acids is 2. The summed E-state index contributed by atoms with van der Waals surface area (Å²) < 4.78 is 0. The molecule has 6 nitrogen and oxygen atoms in total. The van der Waals surface area contributed by atoms with Crippen LogP contribution in [0, 0.1) is 0 Å². The topological polar surface area (TPSA) is 98.0 Å². The number of aromatic nitrogens is 2. The molecule has 0 saturated carbocycles. The summed E-state index contributed by atoms with van der Waals surface area (Å²) in [7, 11) is 0. The molecule has 0 atom stereocenters. The van der Waals surface area contributed by atoms with Crippen LogP contribution in [-0.2, 0) is 4.79 Å². The first-order valence-corrected chi connectivity index (χ1v) is 7.22. The lowest BCUT2D eigenvalue weighted by Gasteiger charge is -2.03. The van der Waals surface area contributed by atoms with E-state index < -0.39 is 5.91 Å². The Morgan fingerprint density at radius 2 is 1.83 bits per heavy atom. The van der Waals surface area contributed by atoms with Crippen LogP contribution >= 0.6 is 0 Å². The summed E-state index contributed by atoms with van der Waals surface area (Å²) in [5.41, 5.74) is 8.17. The molecular formula is C18H14N4O2. The van der Waals surface area contributed by atoms with Crippen molar-refractivity contribution < 1.29 is 9.59 Å². The van der Waals surface area contributed by atoms with Gasteiger partial charge in [-0.2, -0.15) is 0 Å². The third-order valence-electron chi connectivity index (χ3n) is 3.29. The summed E-state index contributed by atoms with van der Waals surface area (Å²) in [6.45, 7) is 0. The molecule has 24 heavy (non-hydrogen) atoms. The number of benzene rings is 2. The zero-order chi connectivity index (χ0) is 16.9. The third kappa shape index (κ3) is 3.61. The first-order valence-electron chi connectivity index (χ1n) is 7.22. The van der Waals surface area contributed by atoms with Gasteiger partial charge in [0.05, 0.1) is 22.9 Å². The quantitative estimate of drug-likeness (QED) is 0.722. The maximum atomic E-state index is 12.0. The van der Waals surface area contributed by atoms with Crippen molar-refractivity contribution in [1.29, 1.82) is 0 Å². The van der Waals surface area contributed by atoms with Gasteiger partial charge in [-0.1, -0.05) is 18.2 Å². The number of carbonyl (C=O) groups is 2. The SMILES string of the molecule is NC(=O)c1cccc(NC(=O)C=Cc2cnc3ccccc3n2)c1. The predicted molar refractivity (Wildman–Crippen MR) is 92.2 cm³/mol. The largest absolute Gasteiger partial charge is 0.366 e. The van der Waals surface area contributed by atoms with Gasteiger partial charge in [-0.05, 0) is 36.4 Å². The van der Waals surface area contributed by atoms with E-state index in [2.05, 4.69) is 15.3 Å². The molecule has 0 unspecified atom stereocenters. The summed E-state index contributed by atoms with van der Waals surface area (Å²) in [4.78, 5) is 31.8. The van der Waals surface area contributed by atoms with Crippen molar-refractivity contribution in [2.24, 2.45) is 5.73 Å². The van der Waals surface area contributed by atoms with Crippen molar-refractivity contribution >= 4 is 34.6 Å². The van der Waals surface area contributed by atoms with Crippen LogP contribution in [0.15, 0.2) is 60.8 Å². The van der Waals surface area contributed by atoms with E-state index in [1.807, 2.05) is 24.3 Å². The van der Waals surface area contributed by atoms with Gasteiger partial charge < -0.3 is 11.1 Å². The third-order valence-corrected chi connectivity index (χ3v) is 3.29. The van der Waals surface area contributed by atoms with Crippen LogP contribution in [0.2, 0.25) is 0 Å². The fourth-order valence-corrected chi connectivity index (χ4v) is 2.15. The molecule has 0 radical (unpaired) electrons. The fraction of sp³-hybridized carbons (Fsp3) is 0. The van der Waals surface area contributed by atoms with Gasteiger partial charge in [0.2, 0.25) is 11.8 Å². The minimum Gasteiger partial charge on any atom is -0.366 e. The van der Waals surface area contributed by atoms with E-state index >= 15 is 0 Å². The standard InChI is InChI=1S/C18H14N4O2/c19-18(24)12-4-3-5-13(10-12)22-17(23)9-8-14-11-20-15-6-1-2-7-16(15)21-14/h1-11H,(H2,19,24)(H,22,23). The fourth-order valence-electron chi connectivity index (χ4n) is 2.15. The van der Waals surface area contributed by atoms with E-state index in [-0.39, 0.29) is 5.91 Å². The lowest BCUT2D eigenvalue weighted by atomic mass is 10.2. The molecule has 0 bridgehead atoms. The Morgan fingerprint density at radius 1 is 1.04 bits per heavy atom. The molecule has 0 fully saturated rings. The van der Waals surface area contributed by atoms with Gasteiger partial charge in [-0.3, -0.25) is 14.6 Å². The Balaban J connectivity index is 1.72. The minimum atomic E-state index is -0.548. The first kappa shape index (κ1) is 15.4. The zero-order valence-electron chi connectivity index (χ0n) is 12.6. The van der Waals surface area contributed by atoms with E-state index in [0.29, 0.717) is 16.9 Å². The average molecular weight is 318 g/mol. The Morgan fingerprint density at radius 3 is 2.62 bits per heavy atom. The van der Waals surface area contributed by atoms with Crippen molar-refractivity contribution in [3.05, 3.63) is 72.1 Å². The summed E-state index contributed by atoms with van der Waals surface area (Å²) in [5, 5.41) is 2.66. The second-order valence-electron chi connectivity index (χ2n) is 5.05. The molecule has 0 aliphatic carbocycles. The number of amides is 2. The smallest absolute Gasteiger partial charge is 0.248 e. The summed E-state index contributed by atoms with van der Waals surface area (Å²) in [5.74, 6) is -0.889. The number of hydrogen-bond donors (Lipinski definition) is 2. The number of nitrogens with zero attached hydrogens (tertiary/aromatic N) is 2. The summed E-state index contributed by atoms with van der Waals surface area (Å²) in [6, 6.07) is 13.9. The van der Waals surface area contributed by atoms with Crippen LogP contribution in [0.4, 0.5) is 5.69 Å². The Labute approximate surface area is 138 Å². The van der Waals surface area contributed by atoms with Gasteiger partial charge in [-0.15, -0.1) is 0 Å². The molecule has 3 aromatic rings. The molecule has 2 amide bonds. The number of primary amides is 1. The van der Waals surface area contributed by atoms with E-state index in [9.17, 15) is 9.59 Å². The van der Waals surface area contributed by atoms with Crippen molar-refractivity contribution in [3.8, 4) is 0 Å². The number of nitrogens with one attached hydrogen (secondary N) is 1. The minimum absolute atomic E-state index is 0.331. The van der Waals surface area contributed by atoms with E-state index in [1.54, 1.807) is 30.5 Å². The Hall–Kier alpha value is -3.54. The van der Waals surface area contributed by atoms with Gasteiger partial charge in [0, 0.05) is 17.3 Å². The van der Waals surface area contributed by atoms with Crippen LogP contribution < -0.4 is 11.1 Å². The lowest BCUT2D eigenvalue weighted by molar-refractivity contribution is -0.111. The predicted octanol–water partition coefficient (Wildman–Crippen LogP) is 2.38. The molecule has 6 heteroatoms. The first-order chi connectivity index (χ1) is 11.6. The van der Waals surface area contributed by atoms with Crippen LogP contribution in [0.3, 0.4) is 0 Å². The molecule has 1 aromatic heterocycles. The number of fused-ring (bicyclic) bond motifs is 1. The average Bonchev–Trinajstić information content (AvgIpc) is 2.60. The van der Waals surface area contributed by atoms with Crippen LogP contribution in [0.25, 0.3) is 17.1 Å². The molecule has 3 rings (SSSR count). The van der Waals surface area contributed by atoms with E-state index in [1.165, 1.54) is 12.1 Å². The van der Waals surface area contributed by atoms with Gasteiger partial charge in [-0.25, -0.2) is 4.98 Å². The van der Waals surface area contributed by atoms with Gasteiger partial charge in [0.25, 0.3) is 0 Å². The molecule has 0 aliphatic heterocycles. The summed E-state index contributed by atoms with van der Waals surface area (Å²) >= 11 is 0. The molecule has 2 aromatic carbocycles. The van der Waals surface area contributed by atoms with Crippen LogP contribution in [0.5, 0.6) is 0 Å². The summed E-state index contributed by atoms with van der Waals surface area (Å²) in [6.07, 6.45) is 4.53. The second kappa shape index (κ2) is 6.70. The van der Waals surface area contributed by atoms with E-state index in [0.717, 1.165) is 11.0 Å². The molecule has 0 aliphatic rings. The highest BCUT2D eigenvalue weighted by molar-refractivity contribution is 6.02. The Bertz CT molecular complexity index is 950. The number of rotatable bonds is 4. The van der Waals surface area contributed by atoms with E-state index in [4.69, 9.17) is 5.73 Å². The normalized spacial score (nSPS) is 10.8. The highest BCUT2D eigenvalue weighted by Gasteiger charge is 2.03. The lowest BCUT2D eigenvalue weighted by Crippen LogP contribution is -2.12. The number of hydrogen-bond acceptors (Lipinski definition) is 4. The second-order valence-corrected chi connectivity index (χ2v) is 5.05. The van der Waals surface area contributed by atoms with Gasteiger partial charge in [0.1, 0.15) is 0 Å². The number of anilines is 1. The highest BCUT2D eigenvalue weighted by atomic mass is 16.1. The molecular weight excluding hydrogens is 304 g/mol. The van der Waals surface area contributed by atoms with Gasteiger partial charge >= 0.3 is 0 Å². The Kier molecular flexibility index (Phi) is 4.29. The van der Waals surface area contributed by atoms with Gasteiger partial charge in [0.15, 0.2) is 0 Å². The number of para-hydroxylation sites is 2. The zero-order valence-corrected chi connectivity index (χ0v) is 12.6. The molecule has 118 valence electrons. The van der Waals surface area contributed by atoms with Crippen molar-refractivity contribution in [1.82, 2.24) is 9.97 Å².